The van der Waals surface area contributed by atoms with E-state index < -0.39 is 17.9 Å². The fourth-order valence-electron chi connectivity index (χ4n) is 1.77. The highest BCUT2D eigenvalue weighted by Gasteiger charge is 2.61. The number of alkyl halides is 5. The molecule has 1 saturated heterocycles. The molecule has 0 aliphatic carbocycles. The lowest BCUT2D eigenvalue weighted by atomic mass is 10.1. The van der Waals surface area contributed by atoms with Gasteiger partial charge in [-0.15, -0.1) is 5.10 Å². The zero-order valence-corrected chi connectivity index (χ0v) is 9.71. The van der Waals surface area contributed by atoms with Crippen molar-refractivity contribution in [2.45, 2.75) is 31.0 Å². The monoisotopic (exact) mass is 285 g/mol. The first-order valence-corrected chi connectivity index (χ1v) is 5.60. The normalized spacial score (nSPS) is 18.9. The first-order valence-electron chi connectivity index (χ1n) is 5.60. The van der Waals surface area contributed by atoms with E-state index in [0.29, 0.717) is 25.9 Å². The smallest absolute Gasteiger partial charge is 0.339 e. The number of piperidine rings is 1. The molecule has 0 radical (unpaired) electrons. The van der Waals surface area contributed by atoms with Gasteiger partial charge in [-0.2, -0.15) is 26.9 Å². The summed E-state index contributed by atoms with van der Waals surface area (Å²) in [5, 5.41) is 5.07. The Hall–Kier alpha value is -1.45. The van der Waals surface area contributed by atoms with E-state index in [0.717, 1.165) is 0 Å². The maximum Gasteiger partial charge on any atom is 0.461 e. The number of hydrogen-bond acceptors (Lipinski definition) is 4. The number of rotatable bonds is 2. The van der Waals surface area contributed by atoms with Crippen molar-refractivity contribution in [1.29, 1.82) is 0 Å². The molecular weight excluding hydrogens is 273 g/mol. The Bertz CT molecular complexity index is 434. The van der Waals surface area contributed by atoms with Gasteiger partial charge in [-0.3, -0.25) is 5.10 Å². The summed E-state index contributed by atoms with van der Waals surface area (Å²) in [4.78, 5) is 4.77. The van der Waals surface area contributed by atoms with Gasteiger partial charge in [0.25, 0.3) is 0 Å². The van der Waals surface area contributed by atoms with Gasteiger partial charge >= 0.3 is 12.1 Å². The van der Waals surface area contributed by atoms with Gasteiger partial charge in [0.05, 0.1) is 0 Å². The number of nitrogens with two attached hydrogens (primary N) is 1. The maximum absolute atomic E-state index is 13.0. The Morgan fingerprint density at radius 1 is 1.16 bits per heavy atom. The van der Waals surface area contributed by atoms with E-state index in [9.17, 15) is 22.0 Å². The first-order chi connectivity index (χ1) is 8.72. The minimum Gasteiger partial charge on any atom is -0.339 e. The SMILES string of the molecule is NC1CCN(c2n[nH]c(C(F)(F)C(F)(F)F)n2)CC1. The fraction of sp³-hybridized carbons (Fsp3) is 0.778. The predicted molar refractivity (Wildman–Crippen MR) is 55.8 cm³/mol. The van der Waals surface area contributed by atoms with E-state index in [1.54, 1.807) is 5.10 Å². The van der Waals surface area contributed by atoms with Gasteiger partial charge in [-0.25, -0.2) is 0 Å². The number of H-pyrrole nitrogens is 1. The number of hydrogen-bond donors (Lipinski definition) is 2. The molecule has 19 heavy (non-hydrogen) atoms. The van der Waals surface area contributed by atoms with Crippen molar-refractivity contribution >= 4 is 5.95 Å². The van der Waals surface area contributed by atoms with Gasteiger partial charge in [0.2, 0.25) is 11.8 Å². The molecule has 1 aromatic rings. The minimum atomic E-state index is -5.70. The quantitative estimate of drug-likeness (QED) is 0.805. The van der Waals surface area contributed by atoms with Crippen LogP contribution in [0.25, 0.3) is 0 Å². The van der Waals surface area contributed by atoms with Crippen molar-refractivity contribution in [3.8, 4) is 0 Å². The minimum absolute atomic E-state index is 0.00581. The highest BCUT2D eigenvalue weighted by Crippen LogP contribution is 2.42. The van der Waals surface area contributed by atoms with E-state index in [1.807, 2.05) is 0 Å². The summed E-state index contributed by atoms with van der Waals surface area (Å²) >= 11 is 0. The van der Waals surface area contributed by atoms with Crippen molar-refractivity contribution in [2.75, 3.05) is 18.0 Å². The number of aromatic amines is 1. The van der Waals surface area contributed by atoms with Crippen LogP contribution >= 0.6 is 0 Å². The molecule has 2 rings (SSSR count). The largest absolute Gasteiger partial charge is 0.461 e. The molecule has 0 bridgehead atoms. The summed E-state index contributed by atoms with van der Waals surface area (Å²) < 4.78 is 62.5. The van der Waals surface area contributed by atoms with Gasteiger partial charge in [0.1, 0.15) is 0 Å². The molecule has 0 unspecified atom stereocenters. The molecule has 0 atom stereocenters. The molecule has 0 spiro atoms. The van der Waals surface area contributed by atoms with Crippen LogP contribution in [0.1, 0.15) is 18.7 Å². The molecule has 108 valence electrons. The van der Waals surface area contributed by atoms with Crippen LogP contribution in [0.2, 0.25) is 0 Å². The Morgan fingerprint density at radius 3 is 2.26 bits per heavy atom. The summed E-state index contributed by atoms with van der Waals surface area (Å²) in [7, 11) is 0. The van der Waals surface area contributed by atoms with Gasteiger partial charge in [-0.1, -0.05) is 0 Å². The Kier molecular flexibility index (Phi) is 3.37. The van der Waals surface area contributed by atoms with Crippen LogP contribution in [-0.2, 0) is 5.92 Å². The third-order valence-electron chi connectivity index (χ3n) is 2.95. The standard InChI is InChI=1S/C9H12F5N5/c10-8(11,9(12,13)14)6-16-7(18-17-6)19-3-1-5(15)2-4-19/h5H,1-4,15H2,(H,16,17,18). The number of anilines is 1. The topological polar surface area (TPSA) is 70.8 Å². The number of nitrogens with zero attached hydrogens (tertiary/aromatic N) is 3. The van der Waals surface area contributed by atoms with Crippen LogP contribution in [0.15, 0.2) is 0 Å². The van der Waals surface area contributed by atoms with Crippen LogP contribution in [0, 0.1) is 0 Å². The molecule has 0 saturated carbocycles. The first kappa shape index (κ1) is 14.0. The molecule has 1 aliphatic heterocycles. The van der Waals surface area contributed by atoms with Crippen LogP contribution in [0.5, 0.6) is 0 Å². The molecule has 10 heteroatoms. The molecule has 1 aliphatic rings. The molecule has 0 aromatic carbocycles. The Balaban J connectivity index is 2.15. The lowest BCUT2D eigenvalue weighted by molar-refractivity contribution is -0.292. The molecular formula is C9H12F5N5. The molecule has 2 heterocycles. The third-order valence-corrected chi connectivity index (χ3v) is 2.95. The second-order valence-corrected chi connectivity index (χ2v) is 4.38. The second-order valence-electron chi connectivity index (χ2n) is 4.38. The number of halogens is 5. The van der Waals surface area contributed by atoms with Crippen LogP contribution in [0.4, 0.5) is 27.9 Å². The molecule has 1 fully saturated rings. The number of nitrogens with one attached hydrogen (secondary N) is 1. The van der Waals surface area contributed by atoms with Crippen molar-refractivity contribution in [3.63, 3.8) is 0 Å². The highest BCUT2D eigenvalue weighted by molar-refractivity contribution is 5.30. The van der Waals surface area contributed by atoms with Gasteiger partial charge in [0.15, 0.2) is 0 Å². The van der Waals surface area contributed by atoms with Crippen molar-refractivity contribution in [1.82, 2.24) is 15.2 Å². The van der Waals surface area contributed by atoms with Gasteiger partial charge < -0.3 is 10.6 Å². The van der Waals surface area contributed by atoms with Gasteiger partial charge in [-0.05, 0) is 12.8 Å². The van der Waals surface area contributed by atoms with E-state index in [1.165, 1.54) is 4.90 Å². The van der Waals surface area contributed by atoms with E-state index in [4.69, 9.17) is 5.73 Å². The van der Waals surface area contributed by atoms with Crippen LogP contribution in [0.3, 0.4) is 0 Å². The van der Waals surface area contributed by atoms with E-state index in [2.05, 4.69) is 10.1 Å². The molecule has 1 aromatic heterocycles. The third kappa shape index (κ3) is 2.62. The lowest BCUT2D eigenvalue weighted by Gasteiger charge is -2.29. The van der Waals surface area contributed by atoms with Crippen molar-refractivity contribution in [3.05, 3.63) is 5.82 Å². The van der Waals surface area contributed by atoms with E-state index in [-0.39, 0.29) is 12.0 Å². The summed E-state index contributed by atoms with van der Waals surface area (Å²) in [5.74, 6) is -6.69. The second kappa shape index (κ2) is 4.58. The van der Waals surface area contributed by atoms with Crippen LogP contribution in [-0.4, -0.2) is 40.5 Å². The Morgan fingerprint density at radius 2 is 1.74 bits per heavy atom. The maximum atomic E-state index is 13.0. The molecule has 0 amide bonds. The zero-order chi connectivity index (χ0) is 14.3. The fourth-order valence-corrected chi connectivity index (χ4v) is 1.77. The zero-order valence-electron chi connectivity index (χ0n) is 9.71. The predicted octanol–water partition coefficient (Wildman–Crippen LogP) is 1.39. The average molecular weight is 285 g/mol. The molecule has 5 nitrogen and oxygen atoms in total. The van der Waals surface area contributed by atoms with E-state index >= 15 is 0 Å². The summed E-state index contributed by atoms with van der Waals surface area (Å²) in [6, 6.07) is 0.00581. The average Bonchev–Trinajstić information content (AvgIpc) is 2.78. The molecule has 3 N–H and O–H groups in total. The van der Waals surface area contributed by atoms with Gasteiger partial charge in [0, 0.05) is 19.1 Å². The lowest BCUT2D eigenvalue weighted by Crippen LogP contribution is -2.40. The summed E-state index contributed by atoms with van der Waals surface area (Å²) in [6.07, 6.45) is -4.48. The van der Waals surface area contributed by atoms with Crippen molar-refractivity contribution in [2.24, 2.45) is 5.73 Å². The highest BCUT2D eigenvalue weighted by atomic mass is 19.4. The Labute approximate surface area is 105 Å². The summed E-state index contributed by atoms with van der Waals surface area (Å²) in [6.45, 7) is 0.853. The number of aromatic nitrogens is 3. The van der Waals surface area contributed by atoms with Crippen molar-refractivity contribution < 1.29 is 22.0 Å². The summed E-state index contributed by atoms with van der Waals surface area (Å²) in [5.41, 5.74) is 5.66. The van der Waals surface area contributed by atoms with Crippen LogP contribution < -0.4 is 10.6 Å².